The lowest BCUT2D eigenvalue weighted by Gasteiger charge is -2.35. The Morgan fingerprint density at radius 3 is 1.89 bits per heavy atom. The first-order valence-electron chi connectivity index (χ1n) is 10.1. The number of hydrogen-bond acceptors (Lipinski definition) is 4. The van der Waals surface area contributed by atoms with E-state index >= 15 is 0 Å². The summed E-state index contributed by atoms with van der Waals surface area (Å²) in [4.78, 5) is 27.0. The van der Waals surface area contributed by atoms with E-state index in [1.54, 1.807) is 38.5 Å². The van der Waals surface area contributed by atoms with Gasteiger partial charge in [0.1, 0.15) is 0 Å². The summed E-state index contributed by atoms with van der Waals surface area (Å²) in [6, 6.07) is 6.92. The summed E-state index contributed by atoms with van der Waals surface area (Å²) in [6.45, 7) is 4.25. The van der Waals surface area contributed by atoms with Gasteiger partial charge in [0.2, 0.25) is 0 Å². The number of ether oxygens (including phenoxy) is 2. The van der Waals surface area contributed by atoms with Gasteiger partial charge in [-0.25, -0.2) is 0 Å². The van der Waals surface area contributed by atoms with Crippen molar-refractivity contribution < 1.29 is 19.1 Å². The van der Waals surface area contributed by atoms with Crippen LogP contribution in [0.5, 0.6) is 0 Å². The van der Waals surface area contributed by atoms with Gasteiger partial charge in [0.15, 0.2) is 0 Å². The molecule has 0 aromatic heterocycles. The van der Waals surface area contributed by atoms with Crippen LogP contribution >= 0.6 is 0 Å². The predicted octanol–water partition coefficient (Wildman–Crippen LogP) is 4.85. The second-order valence-corrected chi connectivity index (χ2v) is 7.34. The van der Waals surface area contributed by atoms with Crippen molar-refractivity contribution >= 4 is 11.8 Å². The van der Waals surface area contributed by atoms with Crippen LogP contribution in [0, 0.1) is 0 Å². The van der Waals surface area contributed by atoms with Crippen molar-refractivity contribution in [3.8, 4) is 0 Å². The van der Waals surface area contributed by atoms with Crippen molar-refractivity contribution in [1.29, 1.82) is 0 Å². The molecule has 1 unspecified atom stereocenters. The molecule has 0 spiro atoms. The van der Waals surface area contributed by atoms with Gasteiger partial charge in [-0.05, 0) is 42.5 Å². The molecule has 1 aliphatic heterocycles. The number of methoxy groups -OCH3 is 2. The molecular weight excluding hydrogens is 354 g/mol. The Kier molecular flexibility index (Phi) is 6.22. The third kappa shape index (κ3) is 3.46. The minimum atomic E-state index is -0.180. The van der Waals surface area contributed by atoms with Gasteiger partial charge < -0.3 is 9.47 Å². The smallest absolute Gasteiger partial charge is 0.261 e. The van der Waals surface area contributed by atoms with E-state index in [9.17, 15) is 9.59 Å². The lowest BCUT2D eigenvalue weighted by atomic mass is 9.80. The molecule has 5 nitrogen and oxygen atoms in total. The Morgan fingerprint density at radius 1 is 0.893 bits per heavy atom. The van der Waals surface area contributed by atoms with Crippen LogP contribution in [0.3, 0.4) is 0 Å². The van der Waals surface area contributed by atoms with Gasteiger partial charge in [-0.3, -0.25) is 14.5 Å². The Bertz CT molecular complexity index is 802. The van der Waals surface area contributed by atoms with Gasteiger partial charge in [-0.1, -0.05) is 32.4 Å². The number of benzene rings is 1. The van der Waals surface area contributed by atoms with Crippen molar-refractivity contribution in [1.82, 2.24) is 4.90 Å². The van der Waals surface area contributed by atoms with Crippen molar-refractivity contribution in [2.45, 2.75) is 58.4 Å². The summed E-state index contributed by atoms with van der Waals surface area (Å²) in [6.07, 6.45) is 5.08. The van der Waals surface area contributed by atoms with E-state index in [0.717, 1.165) is 42.8 Å². The molecule has 1 fully saturated rings. The normalized spacial score (nSPS) is 21.1. The third-order valence-corrected chi connectivity index (χ3v) is 5.47. The van der Waals surface area contributed by atoms with E-state index < -0.39 is 0 Å². The molecule has 0 radical (unpaired) electrons. The standard InChI is InChI=1S/C20H21NO4.C3H8/c1-24-17-9-10-18(25-2)16-11-12(7-8-13(16)17)21-19(22)14-5-3-4-6-15(14)20(21)23;1-3-2/h3-6,12H,7-11H2,1-2H3;3H2,1-2H3. The highest BCUT2D eigenvalue weighted by Gasteiger charge is 2.42. The molecule has 150 valence electrons. The fraction of sp³-hybridized carbons (Fsp3) is 0.478. The number of carbonyl (C=O) groups excluding carboxylic acids is 2. The second-order valence-electron chi connectivity index (χ2n) is 7.34. The van der Waals surface area contributed by atoms with Crippen LogP contribution < -0.4 is 0 Å². The molecule has 4 rings (SSSR count). The highest BCUT2D eigenvalue weighted by atomic mass is 16.5. The van der Waals surface area contributed by atoms with Gasteiger partial charge >= 0.3 is 0 Å². The van der Waals surface area contributed by atoms with Crippen molar-refractivity contribution in [2.75, 3.05) is 14.2 Å². The molecule has 0 bridgehead atoms. The molecule has 2 amide bonds. The van der Waals surface area contributed by atoms with Crippen molar-refractivity contribution in [3.05, 3.63) is 58.1 Å². The van der Waals surface area contributed by atoms with Crippen LogP contribution in [-0.2, 0) is 9.47 Å². The van der Waals surface area contributed by atoms with Gasteiger partial charge in [-0.15, -0.1) is 0 Å². The Balaban J connectivity index is 0.000000706. The van der Waals surface area contributed by atoms with Crippen LogP contribution in [0.25, 0.3) is 0 Å². The highest BCUT2D eigenvalue weighted by Crippen LogP contribution is 2.42. The maximum atomic E-state index is 12.8. The van der Waals surface area contributed by atoms with Crippen LogP contribution in [0.15, 0.2) is 46.9 Å². The van der Waals surface area contributed by atoms with E-state index in [4.69, 9.17) is 9.47 Å². The molecule has 3 aliphatic rings. The topological polar surface area (TPSA) is 55.8 Å². The molecule has 1 aromatic rings. The first kappa shape index (κ1) is 20.2. The number of imide groups is 1. The number of carbonyl (C=O) groups is 2. The van der Waals surface area contributed by atoms with Gasteiger partial charge in [0.25, 0.3) is 11.8 Å². The molecule has 1 aromatic carbocycles. The third-order valence-electron chi connectivity index (χ3n) is 5.47. The maximum absolute atomic E-state index is 12.8. The molecule has 1 saturated carbocycles. The first-order chi connectivity index (χ1) is 13.6. The molecule has 2 aliphatic carbocycles. The quantitative estimate of drug-likeness (QED) is 0.701. The minimum absolute atomic E-state index is 0.132. The molecule has 1 atom stereocenters. The molecule has 5 heteroatoms. The number of rotatable bonds is 3. The van der Waals surface area contributed by atoms with Crippen LogP contribution in [0.1, 0.15) is 73.1 Å². The van der Waals surface area contributed by atoms with Crippen LogP contribution in [0.4, 0.5) is 0 Å². The van der Waals surface area contributed by atoms with E-state index in [-0.39, 0.29) is 17.9 Å². The SMILES string of the molecule is CCC.COC1=C2CCC(N3C(=O)c4ccccc4C3=O)CC2=C(OC)CC1. The molecule has 28 heavy (non-hydrogen) atoms. The number of allylic oxidation sites excluding steroid dienone is 3. The summed E-state index contributed by atoms with van der Waals surface area (Å²) in [7, 11) is 3.39. The average Bonchev–Trinajstić information content (AvgIpc) is 2.98. The largest absolute Gasteiger partial charge is 0.501 e. The summed E-state index contributed by atoms with van der Waals surface area (Å²) < 4.78 is 11.1. The van der Waals surface area contributed by atoms with Crippen molar-refractivity contribution in [2.24, 2.45) is 0 Å². The maximum Gasteiger partial charge on any atom is 0.261 e. The fourth-order valence-electron chi connectivity index (χ4n) is 4.25. The number of amides is 2. The van der Waals surface area contributed by atoms with E-state index in [2.05, 4.69) is 13.8 Å². The monoisotopic (exact) mass is 383 g/mol. The van der Waals surface area contributed by atoms with E-state index in [0.29, 0.717) is 17.5 Å². The number of hydrogen-bond donors (Lipinski definition) is 0. The van der Waals surface area contributed by atoms with Gasteiger partial charge in [0.05, 0.1) is 36.9 Å². The highest BCUT2D eigenvalue weighted by molar-refractivity contribution is 6.21. The van der Waals surface area contributed by atoms with Crippen LogP contribution in [0.2, 0.25) is 0 Å². The number of nitrogens with zero attached hydrogens (tertiary/aromatic N) is 1. The summed E-state index contributed by atoms with van der Waals surface area (Å²) >= 11 is 0. The molecule has 0 saturated heterocycles. The zero-order valence-electron chi connectivity index (χ0n) is 17.2. The summed E-state index contributed by atoms with van der Waals surface area (Å²) in [5.41, 5.74) is 3.32. The van der Waals surface area contributed by atoms with Crippen molar-refractivity contribution in [3.63, 3.8) is 0 Å². The Morgan fingerprint density at radius 2 is 1.39 bits per heavy atom. The first-order valence-corrected chi connectivity index (χ1v) is 10.1. The minimum Gasteiger partial charge on any atom is -0.501 e. The second kappa shape index (κ2) is 8.63. The predicted molar refractivity (Wildman–Crippen MR) is 108 cm³/mol. The van der Waals surface area contributed by atoms with Gasteiger partial charge in [0, 0.05) is 18.9 Å². The van der Waals surface area contributed by atoms with E-state index in [1.165, 1.54) is 16.9 Å². The zero-order valence-corrected chi connectivity index (χ0v) is 17.2. The fourth-order valence-corrected chi connectivity index (χ4v) is 4.25. The molecule has 0 N–H and O–H groups in total. The molecular formula is C23H29NO4. The van der Waals surface area contributed by atoms with Crippen LogP contribution in [-0.4, -0.2) is 37.0 Å². The lowest BCUT2D eigenvalue weighted by Crippen LogP contribution is -2.42. The Hall–Kier alpha value is -2.56. The number of fused-ring (bicyclic) bond motifs is 2. The lowest BCUT2D eigenvalue weighted by molar-refractivity contribution is 0.0567. The zero-order chi connectivity index (χ0) is 20.3. The Labute approximate surface area is 167 Å². The van der Waals surface area contributed by atoms with Gasteiger partial charge in [-0.2, -0.15) is 0 Å². The molecule has 1 heterocycles. The van der Waals surface area contributed by atoms with E-state index in [1.807, 2.05) is 0 Å². The average molecular weight is 383 g/mol. The summed E-state index contributed by atoms with van der Waals surface area (Å²) in [5, 5.41) is 0. The summed E-state index contributed by atoms with van der Waals surface area (Å²) in [5.74, 6) is 1.61.